The maximum atomic E-state index is 7.23. The molecule has 0 fully saturated rings. The van der Waals surface area contributed by atoms with Crippen LogP contribution < -0.4 is 10.5 Å². The van der Waals surface area contributed by atoms with Crippen LogP contribution in [0.3, 0.4) is 0 Å². The number of hydrogen-bond donors (Lipinski definition) is 2. The van der Waals surface area contributed by atoms with Gasteiger partial charge in [0.15, 0.2) is 0 Å². The SMILES string of the molecule is N=C(N)[Se]Cc1ccc(OCc2ccccc2)cc1. The van der Waals surface area contributed by atoms with Gasteiger partial charge in [-0.1, -0.05) is 0 Å². The topological polar surface area (TPSA) is 59.1 Å². The van der Waals surface area contributed by atoms with E-state index in [1.54, 1.807) is 0 Å². The van der Waals surface area contributed by atoms with Gasteiger partial charge >= 0.3 is 119 Å². The van der Waals surface area contributed by atoms with Crippen molar-refractivity contribution < 1.29 is 4.74 Å². The Balaban J connectivity index is 1.86. The van der Waals surface area contributed by atoms with E-state index in [0.29, 0.717) is 6.61 Å². The molecule has 0 aliphatic heterocycles. The summed E-state index contributed by atoms with van der Waals surface area (Å²) in [5.41, 5.74) is 7.72. The van der Waals surface area contributed by atoms with Crippen molar-refractivity contribution >= 4 is 19.7 Å². The van der Waals surface area contributed by atoms with E-state index in [1.807, 2.05) is 54.6 Å². The second-order valence-electron chi connectivity index (χ2n) is 4.07. The van der Waals surface area contributed by atoms with Gasteiger partial charge in [-0.25, -0.2) is 0 Å². The maximum absolute atomic E-state index is 7.23. The fourth-order valence-corrected chi connectivity index (χ4v) is 2.66. The summed E-state index contributed by atoms with van der Waals surface area (Å²) in [7, 11) is 0. The number of hydrogen-bond acceptors (Lipinski definition) is 2. The van der Waals surface area contributed by atoms with Gasteiger partial charge in [0.1, 0.15) is 0 Å². The summed E-state index contributed by atoms with van der Waals surface area (Å²) >= 11 is 0.0619. The zero-order valence-electron chi connectivity index (χ0n) is 10.5. The van der Waals surface area contributed by atoms with E-state index in [9.17, 15) is 0 Å². The average Bonchev–Trinajstić information content (AvgIpc) is 2.45. The number of nitrogens with one attached hydrogen (secondary N) is 1. The Bertz CT molecular complexity index is 526. The average molecular weight is 319 g/mol. The predicted molar refractivity (Wildman–Crippen MR) is 78.6 cm³/mol. The van der Waals surface area contributed by atoms with E-state index in [4.69, 9.17) is 15.9 Å². The predicted octanol–water partition coefficient (Wildman–Crippen LogP) is 2.36. The number of rotatable bonds is 6. The van der Waals surface area contributed by atoms with Gasteiger partial charge in [0.25, 0.3) is 0 Å². The second-order valence-corrected chi connectivity index (χ2v) is 6.21. The minimum absolute atomic E-state index is 0.0619. The summed E-state index contributed by atoms with van der Waals surface area (Å²) in [6.45, 7) is 0.581. The van der Waals surface area contributed by atoms with Crippen LogP contribution in [-0.2, 0) is 11.9 Å². The zero-order valence-corrected chi connectivity index (χ0v) is 12.2. The first-order chi connectivity index (χ1) is 9.24. The van der Waals surface area contributed by atoms with E-state index in [1.165, 1.54) is 5.56 Å². The molecule has 0 radical (unpaired) electrons. The minimum atomic E-state index is 0.0619. The molecule has 0 saturated carbocycles. The number of ether oxygens (including phenoxy) is 1. The fourth-order valence-electron chi connectivity index (χ4n) is 1.58. The third-order valence-electron chi connectivity index (χ3n) is 2.57. The molecule has 19 heavy (non-hydrogen) atoms. The van der Waals surface area contributed by atoms with Crippen LogP contribution in [0.5, 0.6) is 5.75 Å². The van der Waals surface area contributed by atoms with Crippen LogP contribution in [0, 0.1) is 5.41 Å². The number of nitrogens with two attached hydrogens (primary N) is 1. The molecule has 0 atom stereocenters. The van der Waals surface area contributed by atoms with E-state index >= 15 is 0 Å². The van der Waals surface area contributed by atoms with E-state index in [-0.39, 0.29) is 19.7 Å². The van der Waals surface area contributed by atoms with Gasteiger partial charge in [0.2, 0.25) is 0 Å². The van der Waals surface area contributed by atoms with Gasteiger partial charge in [-0.2, -0.15) is 0 Å². The molecule has 0 amide bonds. The fraction of sp³-hybridized carbons (Fsp3) is 0.133. The van der Waals surface area contributed by atoms with Crippen LogP contribution in [0.25, 0.3) is 0 Å². The molecule has 98 valence electrons. The van der Waals surface area contributed by atoms with Crippen molar-refractivity contribution in [3.8, 4) is 5.75 Å². The van der Waals surface area contributed by atoms with Crippen molar-refractivity contribution in [3.63, 3.8) is 0 Å². The molecule has 3 N–H and O–H groups in total. The Morgan fingerprint density at radius 2 is 1.68 bits per heavy atom. The van der Waals surface area contributed by atoms with Crippen molar-refractivity contribution in [3.05, 3.63) is 65.7 Å². The molecule has 0 aliphatic carbocycles. The van der Waals surface area contributed by atoms with Gasteiger partial charge in [-0.3, -0.25) is 0 Å². The summed E-state index contributed by atoms with van der Waals surface area (Å²) in [5.74, 6) is 0.864. The standard InChI is InChI=1S/C15H16N2OSe/c16-15(17)19-11-13-6-8-14(9-7-13)18-10-12-4-2-1-3-5-12/h1-9H,10-11H2,(H3,16,17). The van der Waals surface area contributed by atoms with E-state index in [2.05, 4.69) is 0 Å². The molecule has 2 aromatic rings. The van der Waals surface area contributed by atoms with Crippen molar-refractivity contribution in [2.24, 2.45) is 5.73 Å². The van der Waals surface area contributed by atoms with Crippen molar-refractivity contribution in [1.82, 2.24) is 0 Å². The summed E-state index contributed by atoms with van der Waals surface area (Å²) in [6.07, 6.45) is 0. The molecule has 0 spiro atoms. The van der Waals surface area contributed by atoms with Gasteiger partial charge in [0, 0.05) is 0 Å². The first-order valence-electron chi connectivity index (χ1n) is 5.96. The molecular weight excluding hydrogens is 303 g/mol. The molecule has 0 unspecified atom stereocenters. The van der Waals surface area contributed by atoms with E-state index < -0.39 is 0 Å². The van der Waals surface area contributed by atoms with Gasteiger partial charge in [0.05, 0.1) is 0 Å². The van der Waals surface area contributed by atoms with Crippen LogP contribution in [0.4, 0.5) is 0 Å². The molecule has 4 heteroatoms. The van der Waals surface area contributed by atoms with E-state index in [0.717, 1.165) is 16.6 Å². The van der Waals surface area contributed by atoms with Crippen molar-refractivity contribution in [1.29, 1.82) is 5.41 Å². The molecule has 0 aromatic heterocycles. The Hall–Kier alpha value is -1.77. The Morgan fingerprint density at radius 1 is 1.00 bits per heavy atom. The van der Waals surface area contributed by atoms with Gasteiger partial charge < -0.3 is 0 Å². The Morgan fingerprint density at radius 3 is 2.32 bits per heavy atom. The third kappa shape index (κ3) is 4.78. The first kappa shape index (κ1) is 13.7. The van der Waals surface area contributed by atoms with Crippen molar-refractivity contribution in [2.75, 3.05) is 0 Å². The third-order valence-corrected chi connectivity index (χ3v) is 4.22. The molecule has 2 rings (SSSR count). The molecule has 0 aliphatic rings. The Kier molecular flexibility index (Phi) is 5.01. The van der Waals surface area contributed by atoms with Crippen molar-refractivity contribution in [2.45, 2.75) is 11.9 Å². The molecule has 0 heterocycles. The summed E-state index contributed by atoms with van der Waals surface area (Å²) in [4.78, 5) is 0. The second kappa shape index (κ2) is 6.98. The van der Waals surface area contributed by atoms with Crippen LogP contribution in [-0.4, -0.2) is 19.7 Å². The normalized spacial score (nSPS) is 10.1. The Labute approximate surface area is 119 Å². The van der Waals surface area contributed by atoms with Crippen LogP contribution in [0.1, 0.15) is 11.1 Å². The molecule has 2 aromatic carbocycles. The summed E-state index contributed by atoms with van der Waals surface area (Å²) < 4.78 is 6.00. The summed E-state index contributed by atoms with van der Waals surface area (Å²) in [6, 6.07) is 18.1. The number of amidine groups is 1. The number of benzene rings is 2. The van der Waals surface area contributed by atoms with Crippen LogP contribution in [0.15, 0.2) is 54.6 Å². The molecular formula is C15H16N2OSe. The molecule has 0 saturated heterocycles. The van der Waals surface area contributed by atoms with Crippen LogP contribution in [0.2, 0.25) is 0 Å². The summed E-state index contributed by atoms with van der Waals surface area (Å²) in [5, 5.41) is 8.09. The monoisotopic (exact) mass is 320 g/mol. The van der Waals surface area contributed by atoms with Crippen LogP contribution >= 0.6 is 0 Å². The zero-order chi connectivity index (χ0) is 13.5. The van der Waals surface area contributed by atoms with Gasteiger partial charge in [-0.15, -0.1) is 0 Å². The molecule has 0 bridgehead atoms. The first-order valence-corrected chi connectivity index (χ1v) is 8.03. The van der Waals surface area contributed by atoms with Gasteiger partial charge in [-0.05, 0) is 0 Å². The quantitative estimate of drug-likeness (QED) is 0.488. The molecule has 3 nitrogen and oxygen atoms in total.